The van der Waals surface area contributed by atoms with Crippen molar-refractivity contribution in [3.63, 3.8) is 0 Å². The number of hydrogen-bond acceptors (Lipinski definition) is 14. The molecular formula is C38H49ClN12O4S2. The van der Waals surface area contributed by atoms with Crippen LogP contribution in [0, 0.1) is 13.8 Å². The van der Waals surface area contributed by atoms with Crippen LogP contribution in [0.2, 0.25) is 5.28 Å². The molecule has 2 atom stereocenters. The van der Waals surface area contributed by atoms with Crippen LogP contribution in [0.4, 0.5) is 23.3 Å². The third kappa shape index (κ3) is 11.2. The van der Waals surface area contributed by atoms with Crippen LogP contribution in [0.5, 0.6) is 0 Å². The highest BCUT2D eigenvalue weighted by molar-refractivity contribution is 7.92. The normalized spacial score (nSPS) is 17.4. The molecule has 0 amide bonds. The minimum Gasteiger partial charge on any atom is -0.377 e. The van der Waals surface area contributed by atoms with Crippen molar-refractivity contribution >= 4 is 76.4 Å². The first kappa shape index (κ1) is 41.9. The Labute approximate surface area is 338 Å². The molecule has 0 radical (unpaired) electrons. The second kappa shape index (κ2) is 17.8. The highest BCUT2D eigenvalue weighted by Gasteiger charge is 2.24. The van der Waals surface area contributed by atoms with Gasteiger partial charge in [-0.3, -0.25) is 4.57 Å². The number of para-hydroxylation sites is 4. The summed E-state index contributed by atoms with van der Waals surface area (Å²) in [7, 11) is -4.63. The second-order valence-electron chi connectivity index (χ2n) is 14.3. The van der Waals surface area contributed by atoms with Gasteiger partial charge in [0.25, 0.3) is 0 Å². The van der Waals surface area contributed by atoms with Crippen LogP contribution >= 0.6 is 11.6 Å². The molecule has 6 aromatic rings. The van der Waals surface area contributed by atoms with Crippen LogP contribution in [0.15, 0.2) is 69.4 Å². The number of halogens is 1. The number of ether oxygens (including phenoxy) is 2. The zero-order valence-electron chi connectivity index (χ0n) is 33.4. The summed E-state index contributed by atoms with van der Waals surface area (Å²) < 4.78 is 45.3. The summed E-state index contributed by atoms with van der Waals surface area (Å²) in [4.78, 5) is 33.9. The number of nitrogens with zero attached hydrogens (tertiary/aromatic N) is 11. The van der Waals surface area contributed by atoms with E-state index >= 15 is 0 Å². The summed E-state index contributed by atoms with van der Waals surface area (Å²) in [6.07, 6.45) is 6.31. The fourth-order valence-electron chi connectivity index (χ4n) is 6.36. The zero-order valence-corrected chi connectivity index (χ0v) is 35.8. The zero-order chi connectivity index (χ0) is 40.9. The number of morpholine rings is 2. The minimum atomic E-state index is -2.36. The molecule has 2 aliphatic rings. The summed E-state index contributed by atoms with van der Waals surface area (Å²) >= 11 is 5.91. The fraction of sp³-hybridized carbons (Fsp3) is 0.421. The molecule has 0 bridgehead atoms. The van der Waals surface area contributed by atoms with E-state index in [-0.39, 0.29) is 17.4 Å². The smallest absolute Gasteiger partial charge is 0.239 e. The van der Waals surface area contributed by atoms with E-state index < -0.39 is 19.5 Å². The largest absolute Gasteiger partial charge is 0.377 e. The van der Waals surface area contributed by atoms with Gasteiger partial charge in [-0.2, -0.15) is 23.7 Å². The quantitative estimate of drug-likeness (QED) is 0.192. The molecule has 304 valence electrons. The first-order chi connectivity index (χ1) is 27.0. The first-order valence-corrected chi connectivity index (χ1v) is 23.4. The maximum Gasteiger partial charge on any atom is 0.239 e. The van der Waals surface area contributed by atoms with Crippen LogP contribution < -0.4 is 9.80 Å². The highest BCUT2D eigenvalue weighted by atomic mass is 35.5. The van der Waals surface area contributed by atoms with Gasteiger partial charge in [-0.15, -0.1) is 0 Å². The molecule has 57 heavy (non-hydrogen) atoms. The summed E-state index contributed by atoms with van der Waals surface area (Å²) in [5.74, 6) is 4.44. The molecule has 2 aliphatic heterocycles. The third-order valence-corrected chi connectivity index (χ3v) is 10.2. The fourth-order valence-corrected chi connectivity index (χ4v) is 7.62. The molecule has 0 aliphatic carbocycles. The number of rotatable bonds is 5. The lowest BCUT2D eigenvalue weighted by Gasteiger charge is -2.34. The Morgan fingerprint density at radius 2 is 1.26 bits per heavy atom. The second-order valence-corrected chi connectivity index (χ2v) is 19.8. The van der Waals surface area contributed by atoms with Gasteiger partial charge >= 0.3 is 0 Å². The van der Waals surface area contributed by atoms with Crippen molar-refractivity contribution in [1.82, 2.24) is 39.5 Å². The van der Waals surface area contributed by atoms with Crippen molar-refractivity contribution in [3.05, 3.63) is 77.6 Å². The summed E-state index contributed by atoms with van der Waals surface area (Å²) in [6.45, 7) is 12.1. The van der Waals surface area contributed by atoms with Crippen molar-refractivity contribution in [2.45, 2.75) is 39.8 Å². The van der Waals surface area contributed by atoms with Crippen molar-refractivity contribution in [2.24, 2.45) is 8.73 Å². The van der Waals surface area contributed by atoms with Crippen molar-refractivity contribution < 1.29 is 17.9 Å². The van der Waals surface area contributed by atoms with E-state index in [0.29, 0.717) is 49.8 Å². The molecule has 0 unspecified atom stereocenters. The minimum absolute atomic E-state index is 0.110. The number of aromatic amines is 1. The van der Waals surface area contributed by atoms with Crippen LogP contribution in [0.3, 0.4) is 0 Å². The molecule has 1 N–H and O–H groups in total. The molecule has 0 saturated carbocycles. The number of nitrogens with one attached hydrogen (secondary N) is 1. The maximum atomic E-state index is 12.3. The van der Waals surface area contributed by atoms with Gasteiger partial charge in [0.1, 0.15) is 23.3 Å². The number of benzene rings is 2. The molecule has 4 aromatic heterocycles. The Hall–Kier alpha value is -4.75. The van der Waals surface area contributed by atoms with Gasteiger partial charge in [0, 0.05) is 69.7 Å². The predicted octanol–water partition coefficient (Wildman–Crippen LogP) is 6.29. The molecule has 6 heterocycles. The molecule has 2 saturated heterocycles. The number of anilines is 2. The number of H-pyrrole nitrogens is 1. The Morgan fingerprint density at radius 3 is 1.84 bits per heavy atom. The number of aromatic nitrogens is 8. The number of hydrogen-bond donors (Lipinski definition) is 1. The van der Waals surface area contributed by atoms with Crippen LogP contribution in [0.1, 0.15) is 25.5 Å². The van der Waals surface area contributed by atoms with Crippen molar-refractivity contribution in [1.29, 1.82) is 0 Å². The Kier molecular flexibility index (Phi) is 13.1. The van der Waals surface area contributed by atoms with Crippen LogP contribution in [-0.4, -0.2) is 124 Å². The maximum absolute atomic E-state index is 12.3. The van der Waals surface area contributed by atoms with Crippen molar-refractivity contribution in [2.75, 3.05) is 74.3 Å². The predicted molar refractivity (Wildman–Crippen MR) is 229 cm³/mol. The highest BCUT2D eigenvalue weighted by Crippen LogP contribution is 2.27. The van der Waals surface area contributed by atoms with E-state index in [4.69, 9.17) is 26.1 Å². The number of aryl methyl sites for hydroxylation is 2. The lowest BCUT2D eigenvalue weighted by Crippen LogP contribution is -2.44. The average molecular weight is 837 g/mol. The summed E-state index contributed by atoms with van der Waals surface area (Å²) in [6, 6.07) is 19.8. The standard InChI is InChI=1S/C19H24N6O2S.C11H17ClN4O2S.C8H8N2/c1-13-12-27-10-9-24(13)18-11-17(23-28(3,4)26)21-19(22-18)25-14(2)20-15-7-5-6-8-16(15)25;1-8-7-18-5-4-16(8)10-6-9(13-11(12)14-10)15-19(2,3)17;1-6-9-7-4-2-3-5-8(7)10-6/h5-8,11,13H,9-10,12H2,1-4H3;6,8H,4-5,7H2,1-3H3;2-5H,1H3,(H,9,10)/t13-;8-;/m11./s1. The molecule has 8 rings (SSSR count). The molecule has 2 aromatic carbocycles. The Bertz CT molecular complexity index is 2570. The lowest BCUT2D eigenvalue weighted by molar-refractivity contribution is 0.0985. The van der Waals surface area contributed by atoms with E-state index in [2.05, 4.69) is 62.3 Å². The van der Waals surface area contributed by atoms with Gasteiger partial charge in [0.2, 0.25) is 11.2 Å². The summed E-state index contributed by atoms with van der Waals surface area (Å²) in [5, 5.41) is 0.110. The van der Waals surface area contributed by atoms with Crippen molar-refractivity contribution in [3.8, 4) is 5.95 Å². The molecular weight excluding hydrogens is 788 g/mol. The van der Waals surface area contributed by atoms with E-state index in [1.807, 2.05) is 66.9 Å². The third-order valence-electron chi connectivity index (χ3n) is 8.75. The Balaban J connectivity index is 0.000000162. The van der Waals surface area contributed by atoms with Crippen LogP contribution in [0.25, 0.3) is 28.0 Å². The monoisotopic (exact) mass is 836 g/mol. The van der Waals surface area contributed by atoms with Gasteiger partial charge in [-0.05, 0) is 63.6 Å². The van der Waals surface area contributed by atoms with Gasteiger partial charge in [0.05, 0.1) is 60.6 Å². The average Bonchev–Trinajstić information content (AvgIpc) is 3.68. The number of imidazole rings is 2. The van der Waals surface area contributed by atoms with Gasteiger partial charge in [-0.1, -0.05) is 24.3 Å². The summed E-state index contributed by atoms with van der Waals surface area (Å²) in [5.41, 5.74) is 3.95. The number of fused-ring (bicyclic) bond motifs is 2. The molecule has 2 fully saturated rings. The van der Waals surface area contributed by atoms with Gasteiger partial charge in [0.15, 0.2) is 11.6 Å². The first-order valence-electron chi connectivity index (χ1n) is 18.4. The molecule has 16 nitrogen and oxygen atoms in total. The SMILES string of the molecule is C[C@@H]1COCCN1c1cc(N=S(C)(C)=O)nc(Cl)n1.Cc1nc2ccccc2[nH]1.Cc1nc2ccccc2n1-c1nc(N=S(C)(C)=O)cc(N2CCOC[C@H]2C)n1. The van der Waals surface area contributed by atoms with Crippen LogP contribution in [-0.2, 0) is 28.9 Å². The van der Waals surface area contributed by atoms with Gasteiger partial charge in [-0.25, -0.2) is 23.4 Å². The molecule has 19 heteroatoms. The van der Waals surface area contributed by atoms with E-state index in [1.54, 1.807) is 37.2 Å². The van der Waals surface area contributed by atoms with E-state index in [9.17, 15) is 8.42 Å². The topological polar surface area (TPSA) is 182 Å². The van der Waals surface area contributed by atoms with Gasteiger partial charge < -0.3 is 24.3 Å². The molecule has 0 spiro atoms. The van der Waals surface area contributed by atoms with E-state index in [1.165, 1.54) is 0 Å². The Morgan fingerprint density at radius 1 is 0.719 bits per heavy atom. The van der Waals surface area contributed by atoms with E-state index in [0.717, 1.165) is 52.6 Å². The lowest BCUT2D eigenvalue weighted by atomic mass is 10.2.